The molecule has 0 aromatic rings. The number of amides is 2. The van der Waals surface area contributed by atoms with Crippen LogP contribution in [0.4, 0.5) is 0 Å². The van der Waals surface area contributed by atoms with E-state index >= 15 is 0 Å². The quantitative estimate of drug-likeness (QED) is 0.546. The number of nitrogens with two attached hydrogens (primary N) is 1. The fraction of sp³-hybridized carbons (Fsp3) is 0.833. The van der Waals surface area contributed by atoms with Gasteiger partial charge in [-0.1, -0.05) is 20.8 Å². The highest BCUT2D eigenvalue weighted by atomic mass is 16.7. The molecule has 2 heterocycles. The molecular formula is C18H33N3O5. The molecule has 0 aliphatic carbocycles. The van der Waals surface area contributed by atoms with Crippen LogP contribution < -0.4 is 11.1 Å². The second kappa shape index (κ2) is 9.87. The smallest absolute Gasteiger partial charge is 0.310 e. The summed E-state index contributed by atoms with van der Waals surface area (Å²) in [6, 6.07) is -0.339. The van der Waals surface area contributed by atoms with Crippen molar-refractivity contribution in [2.45, 2.75) is 78.3 Å². The Kier molecular flexibility index (Phi) is 8.49. The Morgan fingerprint density at radius 2 is 2.15 bits per heavy atom. The van der Waals surface area contributed by atoms with Gasteiger partial charge in [-0.2, -0.15) is 0 Å². The van der Waals surface area contributed by atoms with Gasteiger partial charge in [0.2, 0.25) is 18.6 Å². The molecule has 8 heteroatoms. The van der Waals surface area contributed by atoms with Crippen LogP contribution in [0.2, 0.25) is 0 Å². The maximum absolute atomic E-state index is 12.0. The van der Waals surface area contributed by atoms with Crippen LogP contribution in [-0.2, 0) is 23.9 Å². The highest BCUT2D eigenvalue weighted by Crippen LogP contribution is 2.23. The molecule has 0 aromatic carbocycles. The van der Waals surface area contributed by atoms with E-state index in [0.717, 1.165) is 19.4 Å². The monoisotopic (exact) mass is 371 g/mol. The Morgan fingerprint density at radius 1 is 1.50 bits per heavy atom. The molecular weight excluding hydrogens is 338 g/mol. The first kappa shape index (κ1) is 22.4. The van der Waals surface area contributed by atoms with Crippen molar-refractivity contribution in [1.29, 1.82) is 0 Å². The van der Waals surface area contributed by atoms with Crippen molar-refractivity contribution in [3.8, 4) is 0 Å². The number of cyclic esters (lactones) is 1. The van der Waals surface area contributed by atoms with Crippen molar-refractivity contribution in [3.05, 3.63) is 0 Å². The van der Waals surface area contributed by atoms with Gasteiger partial charge in [0.15, 0.2) is 0 Å². The lowest BCUT2D eigenvalue weighted by Gasteiger charge is -2.31. The fourth-order valence-electron chi connectivity index (χ4n) is 2.88. The van der Waals surface area contributed by atoms with Crippen LogP contribution in [0.3, 0.4) is 0 Å². The zero-order valence-electron chi connectivity index (χ0n) is 16.5. The third-order valence-corrected chi connectivity index (χ3v) is 4.61. The first-order chi connectivity index (χ1) is 12.1. The number of likely N-dealkylation sites (tertiary alicyclic amines) is 1. The van der Waals surface area contributed by atoms with E-state index in [0.29, 0.717) is 19.1 Å². The number of ether oxygens (including phenoxy) is 2. The molecule has 4 atom stereocenters. The van der Waals surface area contributed by atoms with Gasteiger partial charge in [0, 0.05) is 19.2 Å². The molecule has 8 nitrogen and oxygen atoms in total. The van der Waals surface area contributed by atoms with Gasteiger partial charge in [-0.25, -0.2) is 0 Å². The third-order valence-electron chi connectivity index (χ3n) is 4.61. The highest BCUT2D eigenvalue weighted by Gasteiger charge is 2.35. The van der Waals surface area contributed by atoms with Crippen molar-refractivity contribution in [3.63, 3.8) is 0 Å². The molecule has 0 aromatic heterocycles. The van der Waals surface area contributed by atoms with Crippen molar-refractivity contribution >= 4 is 18.3 Å². The number of nitrogens with one attached hydrogen (secondary N) is 1. The number of nitrogens with zero attached hydrogens (tertiary/aromatic N) is 1. The standard InChI is InChI=1S/C11H22N2O.C7H11NO4/c1-8-6-5-7-13(8)10(14)9(12)11(2,3)4;1-2-11-7-5(8-4-9)3-6(10)12-7/h8-9H,5-7,12H2,1-4H3;4-5,7H,2-3H2,1H3,(H,8,9)/t8-,9-;5-,7+/m10/s1. The number of carbonyl (C=O) groups excluding carboxylic acids is 3. The summed E-state index contributed by atoms with van der Waals surface area (Å²) in [5.41, 5.74) is 5.81. The van der Waals surface area contributed by atoms with E-state index in [2.05, 4.69) is 12.2 Å². The molecule has 2 saturated heterocycles. The molecule has 0 spiro atoms. The molecule has 0 radical (unpaired) electrons. The van der Waals surface area contributed by atoms with E-state index < -0.39 is 6.29 Å². The lowest BCUT2D eigenvalue weighted by molar-refractivity contribution is -0.164. The molecule has 0 saturated carbocycles. The maximum atomic E-state index is 12.0. The number of hydrogen-bond donors (Lipinski definition) is 2. The lowest BCUT2D eigenvalue weighted by Crippen LogP contribution is -2.51. The van der Waals surface area contributed by atoms with Gasteiger partial charge in [0.25, 0.3) is 0 Å². The van der Waals surface area contributed by atoms with Crippen molar-refractivity contribution < 1.29 is 23.9 Å². The number of rotatable bonds is 5. The van der Waals surface area contributed by atoms with Gasteiger partial charge in [0.05, 0.1) is 12.5 Å². The topological polar surface area (TPSA) is 111 Å². The van der Waals surface area contributed by atoms with E-state index in [1.165, 1.54) is 0 Å². The van der Waals surface area contributed by atoms with E-state index in [-0.39, 0.29) is 35.8 Å². The molecule has 2 aliphatic rings. The van der Waals surface area contributed by atoms with Crippen LogP contribution in [-0.4, -0.2) is 60.8 Å². The lowest BCUT2D eigenvalue weighted by atomic mass is 9.86. The van der Waals surface area contributed by atoms with Crippen LogP contribution in [0.1, 0.15) is 53.9 Å². The van der Waals surface area contributed by atoms with Gasteiger partial charge in [-0.05, 0) is 32.1 Å². The van der Waals surface area contributed by atoms with Gasteiger partial charge >= 0.3 is 5.97 Å². The van der Waals surface area contributed by atoms with Crippen LogP contribution in [0.5, 0.6) is 0 Å². The molecule has 0 bridgehead atoms. The summed E-state index contributed by atoms with van der Waals surface area (Å²) in [4.78, 5) is 34.8. The van der Waals surface area contributed by atoms with E-state index in [1.807, 2.05) is 25.7 Å². The highest BCUT2D eigenvalue weighted by molar-refractivity contribution is 5.83. The molecule has 2 amide bonds. The Hall–Kier alpha value is -1.67. The third kappa shape index (κ3) is 6.25. The van der Waals surface area contributed by atoms with Gasteiger partial charge < -0.3 is 25.4 Å². The Labute approximate surface area is 155 Å². The second-order valence-electron chi connectivity index (χ2n) is 7.78. The summed E-state index contributed by atoms with van der Waals surface area (Å²) in [5, 5.41) is 2.46. The Morgan fingerprint density at radius 3 is 2.62 bits per heavy atom. The molecule has 2 fully saturated rings. The number of esters is 1. The SMILES string of the molecule is CCO[C@@H]1OC(=O)C[C@@H]1NC=O.C[C@@H]1CCCN1C(=O)[C@@H](N)C(C)(C)C. The minimum absolute atomic E-state index is 0.113. The summed E-state index contributed by atoms with van der Waals surface area (Å²) in [6.45, 7) is 11.3. The summed E-state index contributed by atoms with van der Waals surface area (Å²) in [7, 11) is 0. The number of carbonyl (C=O) groups is 3. The molecule has 0 unspecified atom stereocenters. The van der Waals surface area contributed by atoms with Gasteiger partial charge in [-0.3, -0.25) is 14.4 Å². The zero-order chi connectivity index (χ0) is 19.9. The van der Waals surface area contributed by atoms with Crippen molar-refractivity contribution in [1.82, 2.24) is 10.2 Å². The van der Waals surface area contributed by atoms with E-state index in [9.17, 15) is 14.4 Å². The molecule has 150 valence electrons. The average Bonchev–Trinajstić information content (AvgIpc) is 3.12. The summed E-state index contributed by atoms with van der Waals surface area (Å²) >= 11 is 0. The predicted octanol–water partition coefficient (Wildman–Crippen LogP) is 0.781. The first-order valence-corrected chi connectivity index (χ1v) is 9.18. The Bertz CT molecular complexity index is 488. The molecule has 3 N–H and O–H groups in total. The minimum atomic E-state index is -0.618. The van der Waals surface area contributed by atoms with Crippen molar-refractivity contribution in [2.24, 2.45) is 11.1 Å². The van der Waals surface area contributed by atoms with Gasteiger partial charge in [-0.15, -0.1) is 0 Å². The fourth-order valence-corrected chi connectivity index (χ4v) is 2.88. The zero-order valence-corrected chi connectivity index (χ0v) is 16.5. The average molecular weight is 371 g/mol. The second-order valence-corrected chi connectivity index (χ2v) is 7.78. The van der Waals surface area contributed by atoms with E-state index in [1.54, 1.807) is 6.92 Å². The van der Waals surface area contributed by atoms with Crippen LogP contribution >= 0.6 is 0 Å². The van der Waals surface area contributed by atoms with Crippen LogP contribution in [0.15, 0.2) is 0 Å². The van der Waals surface area contributed by atoms with Crippen LogP contribution in [0.25, 0.3) is 0 Å². The maximum Gasteiger partial charge on any atom is 0.310 e. The summed E-state index contributed by atoms with van der Waals surface area (Å²) in [5.74, 6) is -0.227. The molecule has 2 rings (SSSR count). The molecule has 26 heavy (non-hydrogen) atoms. The predicted molar refractivity (Wildman–Crippen MR) is 97.0 cm³/mol. The summed E-state index contributed by atoms with van der Waals surface area (Å²) in [6.07, 6.45) is 2.33. The largest absolute Gasteiger partial charge is 0.433 e. The first-order valence-electron chi connectivity index (χ1n) is 9.18. The van der Waals surface area contributed by atoms with Gasteiger partial charge in [0.1, 0.15) is 6.04 Å². The van der Waals surface area contributed by atoms with Crippen molar-refractivity contribution in [2.75, 3.05) is 13.2 Å². The molecule has 2 aliphatic heterocycles. The van der Waals surface area contributed by atoms with Crippen LogP contribution in [0, 0.1) is 5.41 Å². The summed E-state index contributed by atoms with van der Waals surface area (Å²) < 4.78 is 9.86. The number of hydrogen-bond acceptors (Lipinski definition) is 6. The minimum Gasteiger partial charge on any atom is -0.433 e. The van der Waals surface area contributed by atoms with E-state index in [4.69, 9.17) is 15.2 Å². The Balaban J connectivity index is 0.000000263. The normalized spacial score (nSPS) is 26.6.